The van der Waals surface area contributed by atoms with Crippen LogP contribution in [0.2, 0.25) is 0 Å². The van der Waals surface area contributed by atoms with Crippen LogP contribution in [0, 0.1) is 0 Å². The minimum absolute atomic E-state index is 0.133. The van der Waals surface area contributed by atoms with Crippen LogP contribution < -0.4 is 5.32 Å². The smallest absolute Gasteiger partial charge is 0.274 e. The molecule has 0 unspecified atom stereocenters. The Labute approximate surface area is 152 Å². The van der Waals surface area contributed by atoms with Crippen molar-refractivity contribution in [3.05, 3.63) is 40.9 Å². The summed E-state index contributed by atoms with van der Waals surface area (Å²) in [5, 5.41) is 5.40. The van der Waals surface area contributed by atoms with Gasteiger partial charge in [-0.25, -0.2) is 4.98 Å². The number of amides is 2. The number of nitrogens with one attached hydrogen (secondary N) is 1. The van der Waals surface area contributed by atoms with Crippen molar-refractivity contribution in [3.8, 4) is 10.6 Å². The quantitative estimate of drug-likeness (QED) is 0.917. The fraction of sp³-hybridized carbons (Fsp3) is 0.421. The average Bonchev–Trinajstić information content (AvgIpc) is 3.07. The summed E-state index contributed by atoms with van der Waals surface area (Å²) in [6.07, 6.45) is 0. The van der Waals surface area contributed by atoms with Gasteiger partial charge >= 0.3 is 0 Å². The SMILES string of the molecule is CC(C)c1ccc(-c2nc(C(=O)N3CCNC(=O)C3(C)C)cs2)cc1. The maximum atomic E-state index is 12.8. The van der Waals surface area contributed by atoms with E-state index < -0.39 is 5.54 Å². The number of benzene rings is 1. The van der Waals surface area contributed by atoms with Crippen molar-refractivity contribution in [3.63, 3.8) is 0 Å². The van der Waals surface area contributed by atoms with Crippen LogP contribution in [0.15, 0.2) is 29.6 Å². The molecule has 0 bridgehead atoms. The van der Waals surface area contributed by atoms with E-state index in [4.69, 9.17) is 0 Å². The summed E-state index contributed by atoms with van der Waals surface area (Å²) in [4.78, 5) is 31.0. The first-order valence-electron chi connectivity index (χ1n) is 8.47. The Bertz CT molecular complexity index is 793. The lowest BCUT2D eigenvalue weighted by Gasteiger charge is -2.40. The van der Waals surface area contributed by atoms with Crippen LogP contribution in [0.5, 0.6) is 0 Å². The van der Waals surface area contributed by atoms with E-state index in [-0.39, 0.29) is 11.8 Å². The molecule has 0 spiro atoms. The van der Waals surface area contributed by atoms with Gasteiger partial charge < -0.3 is 10.2 Å². The van der Waals surface area contributed by atoms with Gasteiger partial charge in [-0.1, -0.05) is 38.1 Å². The molecule has 1 aromatic heterocycles. The number of aromatic nitrogens is 1. The number of piperazine rings is 1. The molecule has 0 saturated carbocycles. The first kappa shape index (κ1) is 17.6. The van der Waals surface area contributed by atoms with Crippen LogP contribution in [-0.4, -0.2) is 40.3 Å². The second-order valence-corrected chi connectivity index (χ2v) is 7.94. The van der Waals surface area contributed by atoms with E-state index in [2.05, 4.69) is 36.3 Å². The Morgan fingerprint density at radius 1 is 1.28 bits per heavy atom. The molecule has 25 heavy (non-hydrogen) atoms. The van der Waals surface area contributed by atoms with Crippen LogP contribution in [0.3, 0.4) is 0 Å². The first-order valence-corrected chi connectivity index (χ1v) is 9.35. The molecule has 0 atom stereocenters. The van der Waals surface area contributed by atoms with Crippen LogP contribution in [0.25, 0.3) is 10.6 Å². The number of carbonyl (C=O) groups is 2. The fourth-order valence-corrected chi connectivity index (χ4v) is 3.71. The Hall–Kier alpha value is -2.21. The van der Waals surface area contributed by atoms with Crippen molar-refractivity contribution in [2.75, 3.05) is 13.1 Å². The summed E-state index contributed by atoms with van der Waals surface area (Å²) in [7, 11) is 0. The molecule has 1 aliphatic heterocycles. The molecule has 1 fully saturated rings. The van der Waals surface area contributed by atoms with Crippen LogP contribution >= 0.6 is 11.3 Å². The van der Waals surface area contributed by atoms with Crippen LogP contribution in [0.1, 0.15) is 49.7 Å². The number of hydrogen-bond acceptors (Lipinski definition) is 4. The van der Waals surface area contributed by atoms with Gasteiger partial charge in [-0.05, 0) is 25.3 Å². The second-order valence-electron chi connectivity index (χ2n) is 7.09. The predicted molar refractivity (Wildman–Crippen MR) is 99.8 cm³/mol. The Balaban J connectivity index is 1.83. The lowest BCUT2D eigenvalue weighted by molar-refractivity contribution is -0.133. The van der Waals surface area contributed by atoms with Crippen molar-refractivity contribution in [2.45, 2.75) is 39.2 Å². The van der Waals surface area contributed by atoms with Gasteiger partial charge in [0.05, 0.1) is 0 Å². The second kappa shape index (κ2) is 6.59. The van der Waals surface area contributed by atoms with E-state index in [1.54, 1.807) is 24.1 Å². The minimum Gasteiger partial charge on any atom is -0.352 e. The summed E-state index contributed by atoms with van der Waals surface area (Å²) < 4.78 is 0. The first-order chi connectivity index (χ1) is 11.8. The van der Waals surface area contributed by atoms with Gasteiger partial charge in [0.15, 0.2) is 0 Å². The van der Waals surface area contributed by atoms with Crippen molar-refractivity contribution >= 4 is 23.2 Å². The molecular weight excluding hydrogens is 334 g/mol. The number of thiazole rings is 1. The zero-order chi connectivity index (χ0) is 18.2. The normalized spacial score (nSPS) is 16.8. The standard InChI is InChI=1S/C19H23N3O2S/c1-12(2)13-5-7-14(8-6-13)16-21-15(11-25-16)17(23)22-10-9-20-18(24)19(22,3)4/h5-8,11-12H,9-10H2,1-4H3,(H,20,24). The van der Waals surface area contributed by atoms with Crippen LogP contribution in [-0.2, 0) is 4.79 Å². The average molecular weight is 357 g/mol. The molecule has 132 valence electrons. The van der Waals surface area contributed by atoms with E-state index in [1.165, 1.54) is 16.9 Å². The number of hydrogen-bond donors (Lipinski definition) is 1. The highest BCUT2D eigenvalue weighted by atomic mass is 32.1. The molecule has 0 aliphatic carbocycles. The molecular formula is C19H23N3O2S. The Morgan fingerprint density at radius 3 is 2.60 bits per heavy atom. The van der Waals surface area contributed by atoms with Gasteiger partial charge in [0.1, 0.15) is 16.2 Å². The van der Waals surface area contributed by atoms with E-state index in [1.807, 2.05) is 12.1 Å². The predicted octanol–water partition coefficient (Wildman–Crippen LogP) is 3.28. The monoisotopic (exact) mass is 357 g/mol. The van der Waals surface area contributed by atoms with E-state index >= 15 is 0 Å². The molecule has 1 aromatic carbocycles. The Morgan fingerprint density at radius 2 is 1.96 bits per heavy atom. The van der Waals surface area contributed by atoms with E-state index in [0.717, 1.165) is 10.6 Å². The molecule has 1 aliphatic rings. The summed E-state index contributed by atoms with van der Waals surface area (Å²) in [5.41, 5.74) is 1.82. The van der Waals surface area contributed by atoms with Crippen molar-refractivity contribution in [2.24, 2.45) is 0 Å². The largest absolute Gasteiger partial charge is 0.352 e. The van der Waals surface area contributed by atoms with Gasteiger partial charge in [-0.15, -0.1) is 11.3 Å². The zero-order valence-electron chi connectivity index (χ0n) is 15.0. The van der Waals surface area contributed by atoms with Crippen molar-refractivity contribution in [1.82, 2.24) is 15.2 Å². The van der Waals surface area contributed by atoms with Gasteiger partial charge in [-0.3, -0.25) is 9.59 Å². The topological polar surface area (TPSA) is 62.3 Å². The highest BCUT2D eigenvalue weighted by Gasteiger charge is 2.41. The summed E-state index contributed by atoms with van der Waals surface area (Å²) in [6, 6.07) is 8.28. The maximum absolute atomic E-state index is 12.8. The summed E-state index contributed by atoms with van der Waals surface area (Å²) in [6.45, 7) is 8.81. The molecule has 2 heterocycles. The zero-order valence-corrected chi connectivity index (χ0v) is 15.8. The molecule has 1 saturated heterocycles. The van der Waals surface area contributed by atoms with E-state index in [9.17, 15) is 9.59 Å². The molecule has 5 nitrogen and oxygen atoms in total. The summed E-state index contributed by atoms with van der Waals surface area (Å²) >= 11 is 1.45. The lowest BCUT2D eigenvalue weighted by atomic mass is 9.98. The maximum Gasteiger partial charge on any atom is 0.274 e. The third kappa shape index (κ3) is 3.31. The fourth-order valence-electron chi connectivity index (χ4n) is 2.91. The molecule has 2 aromatic rings. The van der Waals surface area contributed by atoms with Gasteiger partial charge in [0.25, 0.3) is 5.91 Å². The third-order valence-corrected chi connectivity index (χ3v) is 5.54. The van der Waals surface area contributed by atoms with Crippen LogP contribution in [0.4, 0.5) is 0 Å². The minimum atomic E-state index is -0.863. The van der Waals surface area contributed by atoms with Crippen molar-refractivity contribution < 1.29 is 9.59 Å². The molecule has 0 radical (unpaired) electrons. The highest BCUT2D eigenvalue weighted by Crippen LogP contribution is 2.27. The Kier molecular flexibility index (Phi) is 4.64. The highest BCUT2D eigenvalue weighted by molar-refractivity contribution is 7.13. The molecule has 6 heteroatoms. The van der Waals surface area contributed by atoms with Gasteiger partial charge in [-0.2, -0.15) is 0 Å². The molecule has 1 N–H and O–H groups in total. The molecule has 2 amide bonds. The number of rotatable bonds is 3. The van der Waals surface area contributed by atoms with Gasteiger partial charge in [0, 0.05) is 24.0 Å². The number of nitrogens with zero attached hydrogens (tertiary/aromatic N) is 2. The molecule has 3 rings (SSSR count). The van der Waals surface area contributed by atoms with Gasteiger partial charge in [0.2, 0.25) is 5.91 Å². The third-order valence-electron chi connectivity index (χ3n) is 4.64. The van der Waals surface area contributed by atoms with Crippen molar-refractivity contribution in [1.29, 1.82) is 0 Å². The lowest BCUT2D eigenvalue weighted by Crippen LogP contribution is -2.63. The summed E-state index contributed by atoms with van der Waals surface area (Å²) in [5.74, 6) is 0.156. The number of carbonyl (C=O) groups excluding carboxylic acids is 2. The van der Waals surface area contributed by atoms with E-state index in [0.29, 0.717) is 24.7 Å².